The summed E-state index contributed by atoms with van der Waals surface area (Å²) in [5.41, 5.74) is 13.9. The highest BCUT2D eigenvalue weighted by atomic mass is 33.1. The molecule has 2 saturated heterocycles. The molecule has 40 heteroatoms. The first-order valence-corrected chi connectivity index (χ1v) is 43.7. The average Bonchev–Trinajstić information content (AvgIpc) is 1.60. The van der Waals surface area contributed by atoms with Crippen molar-refractivity contribution in [3.63, 3.8) is 0 Å². The molecule has 668 valence electrons. The van der Waals surface area contributed by atoms with E-state index in [0.717, 1.165) is 27.2 Å². The van der Waals surface area contributed by atoms with E-state index in [1.165, 1.54) is 37.3 Å². The number of hydrogen-bond donors (Lipinski definition) is 16. The van der Waals surface area contributed by atoms with Gasteiger partial charge in [-0.15, -0.1) is 10.2 Å². The van der Waals surface area contributed by atoms with Gasteiger partial charge in [-0.05, 0) is 112 Å². The fraction of sp³-hybridized carbons (Fsp3) is 0.573. The summed E-state index contributed by atoms with van der Waals surface area (Å²) in [5.74, 6) is -12.7. The van der Waals surface area contributed by atoms with Crippen molar-refractivity contribution < 1.29 is 81.7 Å². The number of primary amides is 1. The normalized spacial score (nSPS) is 20.8. The number of aliphatic hydroxyl groups is 1. The molecular formula is C82H121N21O17S2. The van der Waals surface area contributed by atoms with Crippen molar-refractivity contribution in [2.24, 2.45) is 44.0 Å². The summed E-state index contributed by atoms with van der Waals surface area (Å²) in [6, 6.07) is 2.07. The number of nitrogens with two attached hydrogens (primary N) is 2. The third kappa shape index (κ3) is 35.0. The van der Waals surface area contributed by atoms with Crippen LogP contribution >= 0.6 is 21.6 Å². The summed E-state index contributed by atoms with van der Waals surface area (Å²) in [7, 11) is 1.99. The van der Waals surface area contributed by atoms with Crippen LogP contribution in [0.2, 0.25) is 0 Å². The number of hydrogen-bond acceptors (Lipinski definition) is 25. The molecule has 1 aromatic heterocycles. The van der Waals surface area contributed by atoms with Crippen LogP contribution in [0.4, 0.5) is 0 Å². The number of aliphatic hydroxyl groups excluding tert-OH is 1. The van der Waals surface area contributed by atoms with Gasteiger partial charge in [-0.25, -0.2) is 4.98 Å². The van der Waals surface area contributed by atoms with E-state index < -0.39 is 167 Å². The lowest BCUT2D eigenvalue weighted by atomic mass is 9.84. The highest BCUT2D eigenvalue weighted by Gasteiger charge is 2.45. The second-order valence-electron chi connectivity index (χ2n) is 30.5. The van der Waals surface area contributed by atoms with E-state index in [9.17, 15) is 43.5 Å². The van der Waals surface area contributed by atoms with Gasteiger partial charge < -0.3 is 99.7 Å². The standard InChI is InChI=1S/C82H121N21O17S2/c1-9-11-14-24-51(6)69(55-27-17-13-18-28-55)72(98-76(112)60(41-57-44-85-48-88-57)93-81(117)71(52(7)104)97-77(113)61(43-65-99-101-102-100-65)91-66(106)39-49(3)4)82(118)103-35-23-31-64(103)79(115)95-63-47-122-121-46-62(73(84)109)94-75(111)58(29-19-21-32-83)90-67(107)42-56(40-54-25-15-12-16-26-54)89-74(110)59(92-80(116)70(50(5)10-2)96-78(63)114)30-20-22-33-87-68(108)45-120-38-37-119-36-34-86-53(8)105/h9,11-18,24-28,44,48-50,52,56,58-65,69-72,104H,1,10,19-23,29-43,45-47,83H2,2-8H3,(H2,84,109)(H,85,88)(H,86,105)(H,87,108)(H,89,110)(H,90,107)(H,91,106)(H,92,116)(H,93,117)(H,94,111)(H,95,115)(H,96,114)(H,97,113)(H,98,112)/b14-11-,51-24+/t50-,52+,56-,58+,59-,60-,61-,62-,63-,64-,69?,70-,71-,72-/m0/s1. The lowest BCUT2D eigenvalue weighted by Crippen LogP contribution is -2.62. The molecule has 3 aromatic rings. The Balaban J connectivity index is 1.36. The van der Waals surface area contributed by atoms with Crippen molar-refractivity contribution in [2.45, 2.75) is 223 Å². The Morgan fingerprint density at radius 2 is 1.38 bits per heavy atom. The number of aromatic nitrogens is 2. The Morgan fingerprint density at radius 3 is 2.03 bits per heavy atom. The predicted octanol–water partition coefficient (Wildman–Crippen LogP) is 1.38. The van der Waals surface area contributed by atoms with E-state index in [-0.39, 0.29) is 140 Å². The van der Waals surface area contributed by atoms with Crippen LogP contribution in [-0.4, -0.2) is 246 Å². The van der Waals surface area contributed by atoms with Crippen LogP contribution < -0.4 is 75.3 Å². The molecule has 18 N–H and O–H groups in total. The van der Waals surface area contributed by atoms with Gasteiger partial charge in [0.05, 0.1) is 32.3 Å². The van der Waals surface area contributed by atoms with Crippen molar-refractivity contribution in [1.82, 2.24) is 78.7 Å². The summed E-state index contributed by atoms with van der Waals surface area (Å²) in [5, 5.41) is 59.2. The van der Waals surface area contributed by atoms with Crippen molar-refractivity contribution in [3.05, 3.63) is 126 Å². The van der Waals surface area contributed by atoms with Crippen molar-refractivity contribution >= 4 is 104 Å². The van der Waals surface area contributed by atoms with E-state index in [2.05, 4.69) is 101 Å². The first-order chi connectivity index (χ1) is 58.5. The van der Waals surface area contributed by atoms with Gasteiger partial charge >= 0.3 is 0 Å². The molecule has 0 spiro atoms. The van der Waals surface area contributed by atoms with Crippen molar-refractivity contribution in [3.8, 4) is 0 Å². The monoisotopic (exact) mass is 1740 g/mol. The number of nitrogens with zero attached hydrogens (tertiary/aromatic N) is 6. The highest BCUT2D eigenvalue weighted by molar-refractivity contribution is 8.76. The molecule has 3 aliphatic heterocycles. The second kappa shape index (κ2) is 53.9. The number of ether oxygens (including phenoxy) is 2. The fourth-order valence-electron chi connectivity index (χ4n) is 13.6. The average molecular weight is 1740 g/mol. The Labute approximate surface area is 718 Å². The van der Waals surface area contributed by atoms with Gasteiger partial charge in [-0.1, -0.05) is 153 Å². The molecule has 0 saturated carbocycles. The quantitative estimate of drug-likeness (QED) is 0.0216. The lowest BCUT2D eigenvalue weighted by Gasteiger charge is -2.35. The number of amides is 14. The van der Waals surface area contributed by atoms with Gasteiger partial charge in [0.15, 0.2) is 6.17 Å². The first-order valence-electron chi connectivity index (χ1n) is 41.2. The van der Waals surface area contributed by atoms with Crippen LogP contribution in [0.25, 0.3) is 0 Å². The number of aromatic amines is 1. The molecule has 1 unspecified atom stereocenters. The van der Waals surface area contributed by atoms with Crippen molar-refractivity contribution in [1.29, 1.82) is 0 Å². The zero-order valence-corrected chi connectivity index (χ0v) is 71.9. The molecule has 3 aliphatic rings. The van der Waals surface area contributed by atoms with Gasteiger partial charge in [0.1, 0.15) is 67.0 Å². The molecule has 0 bridgehead atoms. The van der Waals surface area contributed by atoms with E-state index >= 15 is 28.8 Å². The molecule has 4 heterocycles. The van der Waals surface area contributed by atoms with Crippen LogP contribution in [-0.2, 0) is 89.4 Å². The Bertz CT molecular complexity index is 4060. The maximum Gasteiger partial charge on any atom is 0.246 e. The highest BCUT2D eigenvalue weighted by Crippen LogP contribution is 2.33. The minimum atomic E-state index is -1.78. The molecule has 14 amide bonds. The minimum absolute atomic E-state index is 0.0190. The summed E-state index contributed by atoms with van der Waals surface area (Å²) < 4.78 is 10.9. The van der Waals surface area contributed by atoms with E-state index in [1.54, 1.807) is 114 Å². The molecule has 2 fully saturated rings. The number of carbonyl (C=O) groups is 14. The Morgan fingerprint density at radius 1 is 0.713 bits per heavy atom. The van der Waals surface area contributed by atoms with Gasteiger partial charge in [-0.2, -0.15) is 0 Å². The SMILES string of the molecule is C=C/C=C\C=C(/C)C(c1ccccc1)[C@H](NC(=O)[C@H](Cc1cnc[nH]1)NC(=O)[C@@H](NC(=O)[C@H](CC1N=NN=N1)NC(=O)CC(C)C)[C@@H](C)O)C(=O)N1CCC[C@H]1C(=O)N[C@H]1CSSC[C@@H](C(N)=O)NC(=O)[C@@H](CCCCN)NC(=O)C[C@H](Cc2ccccc2)NC(=O)[C@H](CCCCNC(=O)COCCOCCNC(C)=O)NC(=O)[C@H]([C@@H](C)CC)NC1=O. The second-order valence-corrected chi connectivity index (χ2v) is 33.1. The number of benzene rings is 2. The van der Waals surface area contributed by atoms with Gasteiger partial charge in [-0.3, -0.25) is 67.1 Å². The van der Waals surface area contributed by atoms with Crippen LogP contribution in [0, 0.1) is 11.8 Å². The minimum Gasteiger partial charge on any atom is -0.391 e. The number of likely N-dealkylation sites (tertiary alicyclic amines) is 1. The van der Waals surface area contributed by atoms with Crippen molar-refractivity contribution in [2.75, 3.05) is 64.1 Å². The van der Waals surface area contributed by atoms with Crippen LogP contribution in [0.5, 0.6) is 0 Å². The number of nitrogens with one attached hydrogen (secondary N) is 13. The largest absolute Gasteiger partial charge is 0.391 e. The Kier molecular flexibility index (Phi) is 44.1. The van der Waals surface area contributed by atoms with E-state index in [0.29, 0.717) is 42.6 Å². The molecular weight excluding hydrogens is 1620 g/mol. The number of imidazole rings is 1. The number of carbonyl (C=O) groups excluding carboxylic acids is 14. The number of rotatable bonds is 44. The third-order valence-electron chi connectivity index (χ3n) is 20.2. The van der Waals surface area contributed by atoms with Gasteiger partial charge in [0.2, 0.25) is 82.7 Å². The number of allylic oxidation sites excluding steroid dienone is 4. The summed E-state index contributed by atoms with van der Waals surface area (Å²) in [6.07, 6.45) is 7.90. The molecule has 0 aliphatic carbocycles. The molecule has 2 aromatic carbocycles. The fourth-order valence-corrected chi connectivity index (χ4v) is 15.9. The maximum atomic E-state index is 16.2. The van der Waals surface area contributed by atoms with Crippen LogP contribution in [0.1, 0.15) is 148 Å². The topological polar surface area (TPSA) is 555 Å². The summed E-state index contributed by atoms with van der Waals surface area (Å²) in [4.78, 5) is 209. The molecule has 122 heavy (non-hydrogen) atoms. The van der Waals surface area contributed by atoms with Crippen LogP contribution in [0.3, 0.4) is 0 Å². The maximum absolute atomic E-state index is 16.2. The lowest BCUT2D eigenvalue weighted by molar-refractivity contribution is -0.143. The number of unbranched alkanes of at least 4 members (excludes halogenated alkanes) is 2. The molecule has 14 atom stereocenters. The zero-order valence-electron chi connectivity index (χ0n) is 70.3. The zero-order chi connectivity index (χ0) is 89.0. The van der Waals surface area contributed by atoms with Gasteiger partial charge in [0, 0.05) is 87.6 Å². The summed E-state index contributed by atoms with van der Waals surface area (Å²) >= 11 is 0. The summed E-state index contributed by atoms with van der Waals surface area (Å²) in [6.45, 7) is 16.1. The molecule has 6 rings (SSSR count). The predicted molar refractivity (Wildman–Crippen MR) is 456 cm³/mol. The molecule has 0 radical (unpaired) electrons. The van der Waals surface area contributed by atoms with Gasteiger partial charge in [0.25, 0.3) is 0 Å². The third-order valence-corrected chi connectivity index (χ3v) is 22.6. The molecule has 38 nitrogen and oxygen atoms in total. The van der Waals surface area contributed by atoms with Crippen LogP contribution in [0.15, 0.2) is 130 Å². The van der Waals surface area contributed by atoms with E-state index in [4.69, 9.17) is 20.9 Å². The Hall–Kier alpha value is -10.8. The number of H-pyrrole nitrogens is 1. The van der Waals surface area contributed by atoms with E-state index in [1.807, 2.05) is 0 Å². The smallest absolute Gasteiger partial charge is 0.246 e. The first kappa shape index (κ1) is 100.